The van der Waals surface area contributed by atoms with E-state index >= 15 is 0 Å². The predicted molar refractivity (Wildman–Crippen MR) is 165 cm³/mol. The quantitative estimate of drug-likeness (QED) is 0.245. The van der Waals surface area contributed by atoms with E-state index in [0.29, 0.717) is 24.3 Å². The minimum atomic E-state index is -0.778. The van der Waals surface area contributed by atoms with Gasteiger partial charge in [0.1, 0.15) is 11.9 Å². The number of aromatic hydroxyl groups is 1. The molecule has 1 unspecified atom stereocenters. The zero-order valence-electron chi connectivity index (χ0n) is 27.2. The molecular weight excluding hydrogens is 540 g/mol. The number of rotatable bonds is 3. The smallest absolute Gasteiger partial charge is 0.338 e. The number of phenols is 1. The summed E-state index contributed by atoms with van der Waals surface area (Å²) in [6, 6.07) is 6.07. The number of benzene rings is 1. The standard InChI is InChI=1S/C37H52O6/c1-32(2)18-19-37(31(41)42)17-14-26-34(5)15-12-25-33(3,4)29(39)24(43-30(40)22-8-10-23(38)11-9-22)20-36(25,7)27(34)13-16-35(26,6)28(37)21-32/h8-11,14,24-25,27-29,38-39H,12-13,15-21H2,1-7H3,(H,41,42)/t24-,25+,27+,28?,29+,34+,35-,36+,37-/m1/s1. The molecular formula is C37H52O6. The van der Waals surface area contributed by atoms with Crippen LogP contribution in [0.4, 0.5) is 0 Å². The Labute approximate surface area is 257 Å². The number of carboxylic acid groups (broad SMARTS) is 1. The van der Waals surface area contributed by atoms with Gasteiger partial charge in [0.2, 0.25) is 0 Å². The highest BCUT2D eigenvalue weighted by Gasteiger charge is 2.69. The molecule has 0 aromatic heterocycles. The molecule has 6 heteroatoms. The highest BCUT2D eigenvalue weighted by Crippen LogP contribution is 2.75. The maximum Gasteiger partial charge on any atom is 0.338 e. The topological polar surface area (TPSA) is 104 Å². The molecule has 0 saturated heterocycles. The van der Waals surface area contributed by atoms with Crippen LogP contribution in [-0.2, 0) is 9.53 Å². The number of hydrogen-bond donors (Lipinski definition) is 3. The van der Waals surface area contributed by atoms with Gasteiger partial charge in [0.15, 0.2) is 0 Å². The lowest BCUT2D eigenvalue weighted by Gasteiger charge is -2.70. The third kappa shape index (κ3) is 4.28. The summed E-state index contributed by atoms with van der Waals surface area (Å²) >= 11 is 0. The number of hydrogen-bond acceptors (Lipinski definition) is 5. The summed E-state index contributed by atoms with van der Waals surface area (Å²) in [5.41, 5.74) is 0.467. The van der Waals surface area contributed by atoms with Crippen LogP contribution in [0.2, 0.25) is 0 Å². The average Bonchev–Trinajstić information content (AvgIpc) is 2.91. The number of allylic oxidation sites excluding steroid dienone is 2. The van der Waals surface area contributed by atoms with Crippen molar-refractivity contribution in [1.82, 2.24) is 0 Å². The Balaban J connectivity index is 1.36. The Morgan fingerprint density at radius 2 is 1.42 bits per heavy atom. The van der Waals surface area contributed by atoms with Crippen molar-refractivity contribution in [3.8, 4) is 5.75 Å². The summed E-state index contributed by atoms with van der Waals surface area (Å²) in [6.07, 6.45) is 8.82. The molecule has 1 aromatic rings. The SMILES string of the molecule is CC1(C)CC[C@]2(C(=O)O)CC=C3[C@]4(C)CC[C@H]5C(C)(C)[C@@H](O)[C@H](OC(=O)c6ccc(O)cc6)C[C@]5(C)[C@H]4CC[C@@]3(C)C2C1. The summed E-state index contributed by atoms with van der Waals surface area (Å²) in [7, 11) is 0. The summed E-state index contributed by atoms with van der Waals surface area (Å²) in [5, 5.41) is 32.0. The van der Waals surface area contributed by atoms with Crippen LogP contribution in [0, 0.1) is 50.2 Å². The van der Waals surface area contributed by atoms with Crippen LogP contribution in [0.25, 0.3) is 0 Å². The van der Waals surface area contributed by atoms with E-state index in [1.165, 1.54) is 17.7 Å². The first-order valence-corrected chi connectivity index (χ1v) is 16.5. The molecule has 0 radical (unpaired) electrons. The second-order valence-electron chi connectivity index (χ2n) is 17.2. The zero-order valence-corrected chi connectivity index (χ0v) is 27.2. The van der Waals surface area contributed by atoms with E-state index in [4.69, 9.17) is 4.74 Å². The number of aliphatic carboxylic acids is 1. The van der Waals surface area contributed by atoms with Crippen LogP contribution >= 0.6 is 0 Å². The van der Waals surface area contributed by atoms with Crippen molar-refractivity contribution in [2.75, 3.05) is 0 Å². The van der Waals surface area contributed by atoms with E-state index in [2.05, 4.69) is 54.5 Å². The van der Waals surface area contributed by atoms with Gasteiger partial charge in [-0.2, -0.15) is 0 Å². The fourth-order valence-corrected chi connectivity index (χ4v) is 11.9. The molecule has 0 amide bonds. The molecule has 0 bridgehead atoms. The van der Waals surface area contributed by atoms with Crippen LogP contribution in [0.1, 0.15) is 117 Å². The first-order chi connectivity index (χ1) is 19.9. The van der Waals surface area contributed by atoms with Crippen LogP contribution in [-0.4, -0.2) is 39.5 Å². The number of carboxylic acids is 1. The fourth-order valence-electron chi connectivity index (χ4n) is 11.9. The summed E-state index contributed by atoms with van der Waals surface area (Å²) in [4.78, 5) is 26.2. The van der Waals surface area contributed by atoms with E-state index in [0.717, 1.165) is 44.9 Å². The lowest BCUT2D eigenvalue weighted by molar-refractivity contribution is -0.219. The van der Waals surface area contributed by atoms with Gasteiger partial charge < -0.3 is 20.1 Å². The predicted octanol–water partition coefficient (Wildman–Crippen LogP) is 7.77. The van der Waals surface area contributed by atoms with Crippen molar-refractivity contribution in [1.29, 1.82) is 0 Å². The minimum absolute atomic E-state index is 0.0750. The molecule has 0 heterocycles. The van der Waals surface area contributed by atoms with E-state index in [-0.39, 0.29) is 39.2 Å². The number of carbonyl (C=O) groups is 2. The molecule has 0 spiro atoms. The van der Waals surface area contributed by atoms with Gasteiger partial charge in [-0.3, -0.25) is 4.79 Å². The summed E-state index contributed by atoms with van der Waals surface area (Å²) in [6.45, 7) is 16.1. The van der Waals surface area contributed by atoms with E-state index in [9.17, 15) is 24.9 Å². The Morgan fingerprint density at radius 1 is 0.814 bits per heavy atom. The Morgan fingerprint density at radius 3 is 2.05 bits per heavy atom. The summed E-state index contributed by atoms with van der Waals surface area (Å²) < 4.78 is 6.10. The molecule has 1 aromatic carbocycles. The number of phenolic OH excluding ortho intramolecular Hbond substituents is 1. The minimum Gasteiger partial charge on any atom is -0.508 e. The van der Waals surface area contributed by atoms with Crippen LogP contribution in [0.3, 0.4) is 0 Å². The first-order valence-electron chi connectivity index (χ1n) is 16.5. The number of carbonyl (C=O) groups excluding carboxylic acids is 1. The second-order valence-corrected chi connectivity index (χ2v) is 17.2. The second kappa shape index (κ2) is 9.58. The number of ether oxygens (including phenoxy) is 1. The van der Waals surface area contributed by atoms with Crippen LogP contribution in [0.5, 0.6) is 5.75 Å². The van der Waals surface area contributed by atoms with Gasteiger partial charge in [0.05, 0.1) is 17.1 Å². The van der Waals surface area contributed by atoms with Gasteiger partial charge in [-0.15, -0.1) is 0 Å². The number of fused-ring (bicyclic) bond motifs is 7. The van der Waals surface area contributed by atoms with Crippen molar-refractivity contribution >= 4 is 11.9 Å². The molecule has 43 heavy (non-hydrogen) atoms. The van der Waals surface area contributed by atoms with Gasteiger partial charge in [0, 0.05) is 0 Å². The number of aliphatic hydroxyl groups excluding tert-OH is 1. The average molecular weight is 593 g/mol. The van der Waals surface area contributed by atoms with Crippen molar-refractivity contribution in [3.63, 3.8) is 0 Å². The highest BCUT2D eigenvalue weighted by molar-refractivity contribution is 5.89. The van der Waals surface area contributed by atoms with E-state index in [1.807, 2.05) is 0 Å². The molecule has 0 aliphatic heterocycles. The van der Waals surface area contributed by atoms with Crippen molar-refractivity contribution in [2.24, 2.45) is 50.2 Å². The van der Waals surface area contributed by atoms with Gasteiger partial charge in [-0.05, 0) is 127 Å². The monoisotopic (exact) mass is 592 g/mol. The normalized spacial score (nSPS) is 44.5. The number of aliphatic hydroxyl groups is 1. The van der Waals surface area contributed by atoms with E-state index < -0.39 is 35.0 Å². The third-order valence-corrected chi connectivity index (χ3v) is 14.0. The third-order valence-electron chi connectivity index (χ3n) is 14.0. The molecule has 4 fully saturated rings. The lowest BCUT2D eigenvalue weighted by Crippen LogP contribution is -2.66. The Bertz CT molecular complexity index is 1340. The van der Waals surface area contributed by atoms with Crippen molar-refractivity contribution < 1.29 is 29.6 Å². The molecule has 3 N–H and O–H groups in total. The fraction of sp³-hybridized carbons (Fsp3) is 0.730. The highest BCUT2D eigenvalue weighted by atomic mass is 16.6. The zero-order chi connectivity index (χ0) is 31.4. The van der Waals surface area contributed by atoms with Gasteiger partial charge in [-0.25, -0.2) is 4.79 Å². The van der Waals surface area contributed by atoms with Crippen molar-refractivity contribution in [3.05, 3.63) is 41.5 Å². The Hall–Kier alpha value is -2.34. The van der Waals surface area contributed by atoms with Gasteiger partial charge >= 0.3 is 11.9 Å². The Kier molecular flexibility index (Phi) is 6.83. The lowest BCUT2D eigenvalue weighted by atomic mass is 9.34. The number of esters is 1. The molecule has 6 rings (SSSR count). The molecule has 236 valence electrons. The largest absolute Gasteiger partial charge is 0.508 e. The van der Waals surface area contributed by atoms with Gasteiger partial charge in [0.25, 0.3) is 0 Å². The first kappa shape index (κ1) is 30.7. The molecule has 9 atom stereocenters. The van der Waals surface area contributed by atoms with Crippen LogP contribution in [0.15, 0.2) is 35.9 Å². The maximum atomic E-state index is 13.2. The molecule has 6 nitrogen and oxygen atoms in total. The van der Waals surface area contributed by atoms with Crippen molar-refractivity contribution in [2.45, 2.75) is 118 Å². The molecule has 5 aliphatic rings. The van der Waals surface area contributed by atoms with Crippen LogP contribution < -0.4 is 0 Å². The molecule has 5 aliphatic carbocycles. The van der Waals surface area contributed by atoms with E-state index in [1.54, 1.807) is 12.1 Å². The van der Waals surface area contributed by atoms with Gasteiger partial charge in [-0.1, -0.05) is 60.1 Å². The maximum absolute atomic E-state index is 13.2. The molecule has 4 saturated carbocycles. The summed E-state index contributed by atoms with van der Waals surface area (Å²) in [5.74, 6) is -0.268.